The lowest BCUT2D eigenvalue weighted by molar-refractivity contribution is 0.101. The molecule has 2 aromatic carbocycles. The van der Waals surface area contributed by atoms with Crippen LogP contribution in [0.15, 0.2) is 42.5 Å². The predicted molar refractivity (Wildman–Crippen MR) is 72.4 cm³/mol. The van der Waals surface area contributed by atoms with E-state index < -0.39 is 0 Å². The Kier molecular flexibility index (Phi) is 3.47. The summed E-state index contributed by atoms with van der Waals surface area (Å²) >= 11 is 0. The summed E-state index contributed by atoms with van der Waals surface area (Å²) in [7, 11) is 0. The molecule has 0 radical (unpaired) electrons. The van der Waals surface area contributed by atoms with Crippen molar-refractivity contribution < 1.29 is 9.53 Å². The summed E-state index contributed by atoms with van der Waals surface area (Å²) in [6.07, 6.45) is 0. The lowest BCUT2D eigenvalue weighted by Gasteiger charge is -2.10. The van der Waals surface area contributed by atoms with Crippen molar-refractivity contribution >= 4 is 5.78 Å². The number of hydrogen-bond acceptors (Lipinski definition) is 2. The van der Waals surface area contributed by atoms with Crippen molar-refractivity contribution in [2.24, 2.45) is 0 Å². The molecule has 92 valence electrons. The molecule has 0 aliphatic heterocycles. The molecule has 0 aromatic heterocycles. The smallest absolute Gasteiger partial charge is 0.159 e. The Morgan fingerprint density at radius 2 is 1.78 bits per heavy atom. The predicted octanol–water partition coefficient (Wildman–Crippen LogP) is 4.30. The van der Waals surface area contributed by atoms with Crippen LogP contribution in [0, 0.1) is 13.8 Å². The van der Waals surface area contributed by atoms with Crippen molar-refractivity contribution in [1.82, 2.24) is 0 Å². The van der Waals surface area contributed by atoms with E-state index in [4.69, 9.17) is 4.74 Å². The molecule has 0 fully saturated rings. The van der Waals surface area contributed by atoms with Gasteiger partial charge in [-0.15, -0.1) is 0 Å². The molecule has 0 N–H and O–H groups in total. The molecule has 2 aromatic rings. The summed E-state index contributed by atoms with van der Waals surface area (Å²) in [5, 5.41) is 0. The second-order valence-corrected chi connectivity index (χ2v) is 4.38. The summed E-state index contributed by atoms with van der Waals surface area (Å²) < 4.78 is 5.83. The standard InChI is InChI=1S/C16H16O2/c1-11-6-4-9-16(12(11)2)18-15-8-5-7-14(10-15)13(3)17/h4-10H,1-3H3. The van der Waals surface area contributed by atoms with Crippen LogP contribution in [0.25, 0.3) is 0 Å². The summed E-state index contributed by atoms with van der Waals surface area (Å²) in [5.74, 6) is 1.56. The first-order chi connectivity index (χ1) is 8.58. The number of carbonyl (C=O) groups is 1. The van der Waals surface area contributed by atoms with Crippen LogP contribution in [0.2, 0.25) is 0 Å². The van der Waals surface area contributed by atoms with Crippen molar-refractivity contribution in [3.05, 3.63) is 59.2 Å². The van der Waals surface area contributed by atoms with E-state index in [1.165, 1.54) is 5.56 Å². The van der Waals surface area contributed by atoms with E-state index in [2.05, 4.69) is 0 Å². The van der Waals surface area contributed by atoms with Crippen LogP contribution in [0.1, 0.15) is 28.4 Å². The third kappa shape index (κ3) is 2.59. The third-order valence-electron chi connectivity index (χ3n) is 3.02. The van der Waals surface area contributed by atoms with Gasteiger partial charge >= 0.3 is 0 Å². The molecule has 0 unspecified atom stereocenters. The molecule has 0 aliphatic carbocycles. The highest BCUT2D eigenvalue weighted by molar-refractivity contribution is 5.94. The van der Waals surface area contributed by atoms with Crippen molar-refractivity contribution in [2.45, 2.75) is 20.8 Å². The van der Waals surface area contributed by atoms with Crippen molar-refractivity contribution in [1.29, 1.82) is 0 Å². The van der Waals surface area contributed by atoms with Gasteiger partial charge in [0, 0.05) is 5.56 Å². The van der Waals surface area contributed by atoms with E-state index in [0.717, 1.165) is 11.3 Å². The van der Waals surface area contributed by atoms with Gasteiger partial charge in [-0.2, -0.15) is 0 Å². The highest BCUT2D eigenvalue weighted by Gasteiger charge is 2.05. The zero-order valence-electron chi connectivity index (χ0n) is 10.9. The molecule has 0 saturated carbocycles. The summed E-state index contributed by atoms with van der Waals surface area (Å²) in [6.45, 7) is 5.63. The number of benzene rings is 2. The topological polar surface area (TPSA) is 26.3 Å². The summed E-state index contributed by atoms with van der Waals surface area (Å²) in [5.41, 5.74) is 2.97. The number of rotatable bonds is 3. The molecule has 0 atom stereocenters. The zero-order valence-corrected chi connectivity index (χ0v) is 10.9. The maximum absolute atomic E-state index is 11.3. The molecule has 0 heterocycles. The SMILES string of the molecule is CC(=O)c1cccc(Oc2cccc(C)c2C)c1. The fraction of sp³-hybridized carbons (Fsp3) is 0.188. The Bertz CT molecular complexity index is 585. The molecule has 18 heavy (non-hydrogen) atoms. The highest BCUT2D eigenvalue weighted by Crippen LogP contribution is 2.27. The molecule has 0 amide bonds. The van der Waals surface area contributed by atoms with Crippen LogP contribution < -0.4 is 4.74 Å². The van der Waals surface area contributed by atoms with E-state index in [1.54, 1.807) is 19.1 Å². The third-order valence-corrected chi connectivity index (χ3v) is 3.02. The quantitative estimate of drug-likeness (QED) is 0.748. The second-order valence-electron chi connectivity index (χ2n) is 4.38. The number of hydrogen-bond donors (Lipinski definition) is 0. The monoisotopic (exact) mass is 240 g/mol. The number of Topliss-reactive ketones (excluding diaryl/α,β-unsaturated/α-hetero) is 1. The molecular formula is C16H16O2. The number of ether oxygens (including phenoxy) is 1. The second kappa shape index (κ2) is 5.05. The van der Waals surface area contributed by atoms with Gasteiger partial charge in [-0.1, -0.05) is 24.3 Å². The van der Waals surface area contributed by atoms with Crippen LogP contribution in [0.5, 0.6) is 11.5 Å². The van der Waals surface area contributed by atoms with Crippen LogP contribution in [-0.4, -0.2) is 5.78 Å². The minimum absolute atomic E-state index is 0.0430. The Morgan fingerprint density at radius 3 is 2.50 bits per heavy atom. The Morgan fingerprint density at radius 1 is 1.06 bits per heavy atom. The summed E-state index contributed by atoms with van der Waals surface area (Å²) in [6, 6.07) is 13.2. The average Bonchev–Trinajstić information content (AvgIpc) is 2.35. The lowest BCUT2D eigenvalue weighted by atomic mass is 10.1. The highest BCUT2D eigenvalue weighted by atomic mass is 16.5. The Balaban J connectivity index is 2.31. The Hall–Kier alpha value is -2.09. The first-order valence-corrected chi connectivity index (χ1v) is 5.93. The van der Waals surface area contributed by atoms with E-state index >= 15 is 0 Å². The van der Waals surface area contributed by atoms with Gasteiger partial charge in [0.05, 0.1) is 0 Å². The van der Waals surface area contributed by atoms with Crippen LogP contribution >= 0.6 is 0 Å². The van der Waals surface area contributed by atoms with E-state index in [9.17, 15) is 4.79 Å². The maximum atomic E-state index is 11.3. The molecule has 2 rings (SSSR count). The summed E-state index contributed by atoms with van der Waals surface area (Å²) in [4.78, 5) is 11.3. The number of aryl methyl sites for hydroxylation is 1. The fourth-order valence-electron chi connectivity index (χ4n) is 1.74. The van der Waals surface area contributed by atoms with E-state index in [-0.39, 0.29) is 5.78 Å². The van der Waals surface area contributed by atoms with Gasteiger partial charge in [0.15, 0.2) is 5.78 Å². The van der Waals surface area contributed by atoms with Crippen LogP contribution in [-0.2, 0) is 0 Å². The van der Waals surface area contributed by atoms with Gasteiger partial charge in [0.1, 0.15) is 11.5 Å². The minimum atomic E-state index is 0.0430. The van der Waals surface area contributed by atoms with Gasteiger partial charge in [0.25, 0.3) is 0 Å². The van der Waals surface area contributed by atoms with E-state index in [0.29, 0.717) is 11.3 Å². The maximum Gasteiger partial charge on any atom is 0.159 e. The van der Waals surface area contributed by atoms with Crippen LogP contribution in [0.3, 0.4) is 0 Å². The van der Waals surface area contributed by atoms with Gasteiger partial charge in [-0.05, 0) is 50.1 Å². The molecule has 0 bridgehead atoms. The van der Waals surface area contributed by atoms with Crippen LogP contribution in [0.4, 0.5) is 0 Å². The van der Waals surface area contributed by atoms with Crippen molar-refractivity contribution in [2.75, 3.05) is 0 Å². The minimum Gasteiger partial charge on any atom is -0.457 e. The molecular weight excluding hydrogens is 224 g/mol. The van der Waals surface area contributed by atoms with Gasteiger partial charge in [0.2, 0.25) is 0 Å². The Labute approximate surface area is 107 Å². The molecule has 0 spiro atoms. The molecule has 2 nitrogen and oxygen atoms in total. The van der Waals surface area contributed by atoms with Crippen molar-refractivity contribution in [3.63, 3.8) is 0 Å². The largest absolute Gasteiger partial charge is 0.457 e. The molecule has 0 saturated heterocycles. The van der Waals surface area contributed by atoms with Gasteiger partial charge in [-0.25, -0.2) is 0 Å². The number of carbonyl (C=O) groups excluding carboxylic acids is 1. The average molecular weight is 240 g/mol. The first kappa shape index (κ1) is 12.4. The van der Waals surface area contributed by atoms with Gasteiger partial charge < -0.3 is 4.74 Å². The lowest BCUT2D eigenvalue weighted by Crippen LogP contribution is -1.94. The number of ketones is 1. The first-order valence-electron chi connectivity index (χ1n) is 5.93. The molecule has 0 aliphatic rings. The fourth-order valence-corrected chi connectivity index (χ4v) is 1.74. The molecule has 2 heteroatoms. The van der Waals surface area contributed by atoms with E-state index in [1.807, 2.05) is 44.2 Å². The zero-order chi connectivity index (χ0) is 13.1. The van der Waals surface area contributed by atoms with Gasteiger partial charge in [-0.3, -0.25) is 4.79 Å². The van der Waals surface area contributed by atoms with Crippen molar-refractivity contribution in [3.8, 4) is 11.5 Å². The normalized spacial score (nSPS) is 10.2.